The lowest BCUT2D eigenvalue weighted by Crippen LogP contribution is -2.47. The highest BCUT2D eigenvalue weighted by molar-refractivity contribution is 6.32. The molecule has 1 aromatic heterocycles. The first kappa shape index (κ1) is 21.0. The summed E-state index contributed by atoms with van der Waals surface area (Å²) in [6.45, 7) is 8.86. The van der Waals surface area contributed by atoms with Gasteiger partial charge in [-0.15, -0.1) is 0 Å². The second-order valence-corrected chi connectivity index (χ2v) is 7.98. The van der Waals surface area contributed by atoms with E-state index in [-0.39, 0.29) is 12.5 Å². The van der Waals surface area contributed by atoms with Gasteiger partial charge in [-0.2, -0.15) is 0 Å². The summed E-state index contributed by atoms with van der Waals surface area (Å²) < 4.78 is 10.7. The lowest BCUT2D eigenvalue weighted by molar-refractivity contribution is -0.148. The number of hydrogen-bond acceptors (Lipinski definition) is 5. The Kier molecular flexibility index (Phi) is 6.65. The smallest absolute Gasteiger partial charge is 0.408 e. The third-order valence-corrected chi connectivity index (χ3v) is 4.13. The molecule has 2 aromatic rings. The molecule has 7 heteroatoms. The van der Waals surface area contributed by atoms with Gasteiger partial charge in [-0.05, 0) is 38.8 Å². The molecule has 1 atom stereocenters. The molecular formula is C20H25ClN2O4. The highest BCUT2D eigenvalue weighted by atomic mass is 35.5. The molecule has 0 aliphatic heterocycles. The van der Waals surface area contributed by atoms with E-state index in [1.54, 1.807) is 33.0 Å². The van der Waals surface area contributed by atoms with Gasteiger partial charge in [0.2, 0.25) is 0 Å². The van der Waals surface area contributed by atoms with Gasteiger partial charge in [0, 0.05) is 22.2 Å². The average molecular weight is 393 g/mol. The molecule has 0 radical (unpaired) electrons. The average Bonchev–Trinajstić information content (AvgIpc) is 2.56. The molecule has 0 spiro atoms. The molecule has 146 valence electrons. The first-order valence-corrected chi connectivity index (χ1v) is 9.14. The minimum Gasteiger partial charge on any atom is -0.459 e. The second kappa shape index (κ2) is 8.57. The Morgan fingerprint density at radius 2 is 1.93 bits per heavy atom. The van der Waals surface area contributed by atoms with Gasteiger partial charge in [-0.1, -0.05) is 37.6 Å². The van der Waals surface area contributed by atoms with E-state index in [1.165, 1.54) is 0 Å². The Balaban J connectivity index is 2.11. The van der Waals surface area contributed by atoms with Crippen LogP contribution in [-0.4, -0.2) is 28.7 Å². The minimum atomic E-state index is -0.832. The molecule has 0 saturated carbocycles. The van der Waals surface area contributed by atoms with E-state index >= 15 is 0 Å². The van der Waals surface area contributed by atoms with E-state index in [0.29, 0.717) is 16.1 Å². The fourth-order valence-corrected chi connectivity index (χ4v) is 2.69. The predicted octanol–water partition coefficient (Wildman–Crippen LogP) is 4.48. The SMILES string of the molecule is CC(C)C(NC(=O)OC(C)(C)C)C(=O)OCc1c(Cl)ccc2cccnc12. The molecule has 0 aliphatic carbocycles. The van der Waals surface area contributed by atoms with E-state index in [0.717, 1.165) is 5.39 Å². The normalized spacial score (nSPS) is 12.7. The van der Waals surface area contributed by atoms with Crippen molar-refractivity contribution < 1.29 is 19.1 Å². The Hall–Kier alpha value is -2.34. The van der Waals surface area contributed by atoms with Crippen LogP contribution in [0.25, 0.3) is 10.9 Å². The van der Waals surface area contributed by atoms with Gasteiger partial charge in [-0.25, -0.2) is 9.59 Å². The summed E-state index contributed by atoms with van der Waals surface area (Å²) >= 11 is 6.26. The number of nitrogens with one attached hydrogen (secondary N) is 1. The van der Waals surface area contributed by atoms with E-state index in [1.807, 2.05) is 32.0 Å². The molecule has 1 unspecified atom stereocenters. The van der Waals surface area contributed by atoms with E-state index in [4.69, 9.17) is 21.1 Å². The zero-order valence-electron chi connectivity index (χ0n) is 16.2. The molecule has 6 nitrogen and oxygen atoms in total. The third-order valence-electron chi connectivity index (χ3n) is 3.77. The Morgan fingerprint density at radius 1 is 1.22 bits per heavy atom. The second-order valence-electron chi connectivity index (χ2n) is 7.58. The number of rotatable bonds is 5. The first-order chi connectivity index (χ1) is 12.6. The maximum Gasteiger partial charge on any atom is 0.408 e. The van der Waals surface area contributed by atoms with Gasteiger partial charge in [0.15, 0.2) is 0 Å². The van der Waals surface area contributed by atoms with Gasteiger partial charge < -0.3 is 14.8 Å². The van der Waals surface area contributed by atoms with E-state index < -0.39 is 23.7 Å². The van der Waals surface area contributed by atoms with Crippen molar-refractivity contribution in [2.24, 2.45) is 5.92 Å². The van der Waals surface area contributed by atoms with Gasteiger partial charge in [0.25, 0.3) is 0 Å². The van der Waals surface area contributed by atoms with Crippen molar-refractivity contribution in [3.8, 4) is 0 Å². The standard InChI is InChI=1S/C20H25ClN2O4/c1-12(2)16(23-19(25)27-20(3,4)5)18(24)26-11-14-15(21)9-8-13-7-6-10-22-17(13)14/h6-10,12,16H,11H2,1-5H3,(H,23,25). The molecule has 27 heavy (non-hydrogen) atoms. The number of alkyl carbamates (subject to hydrolysis) is 1. The Labute approximate surface area is 164 Å². The summed E-state index contributed by atoms with van der Waals surface area (Å²) in [5.74, 6) is -0.731. The number of pyridine rings is 1. The maximum atomic E-state index is 12.6. The van der Waals surface area contributed by atoms with Crippen molar-refractivity contribution in [1.82, 2.24) is 10.3 Å². The number of benzene rings is 1. The van der Waals surface area contributed by atoms with Crippen molar-refractivity contribution in [2.45, 2.75) is 52.9 Å². The number of nitrogens with zero attached hydrogens (tertiary/aromatic N) is 1. The lowest BCUT2D eigenvalue weighted by Gasteiger charge is -2.24. The molecule has 1 amide bonds. The van der Waals surface area contributed by atoms with Crippen molar-refractivity contribution in [3.63, 3.8) is 0 Å². The molecule has 0 aliphatic rings. The van der Waals surface area contributed by atoms with Crippen LogP contribution in [0.1, 0.15) is 40.2 Å². The fraction of sp³-hybridized carbons (Fsp3) is 0.450. The number of esters is 1. The van der Waals surface area contributed by atoms with Gasteiger partial charge in [0.05, 0.1) is 5.52 Å². The van der Waals surface area contributed by atoms with Crippen LogP contribution in [0.4, 0.5) is 4.79 Å². The number of hydrogen-bond donors (Lipinski definition) is 1. The Bertz CT molecular complexity index is 830. The predicted molar refractivity (Wildman–Crippen MR) is 105 cm³/mol. The van der Waals surface area contributed by atoms with Crippen molar-refractivity contribution in [3.05, 3.63) is 41.0 Å². The number of ether oxygens (including phenoxy) is 2. The highest BCUT2D eigenvalue weighted by Gasteiger charge is 2.28. The number of amides is 1. The number of fused-ring (bicyclic) bond motifs is 1. The number of carbonyl (C=O) groups is 2. The summed E-state index contributed by atoms with van der Waals surface area (Å²) in [7, 11) is 0. The van der Waals surface area contributed by atoms with Gasteiger partial charge in [0.1, 0.15) is 18.2 Å². The number of aromatic nitrogens is 1. The quantitative estimate of drug-likeness (QED) is 0.759. The summed E-state index contributed by atoms with van der Waals surface area (Å²) in [6, 6.07) is 6.50. The summed E-state index contributed by atoms with van der Waals surface area (Å²) in [5.41, 5.74) is 0.652. The van der Waals surface area contributed by atoms with Crippen LogP contribution in [0.3, 0.4) is 0 Å². The van der Waals surface area contributed by atoms with E-state index in [9.17, 15) is 9.59 Å². The van der Waals surface area contributed by atoms with Crippen molar-refractivity contribution >= 4 is 34.6 Å². The highest BCUT2D eigenvalue weighted by Crippen LogP contribution is 2.25. The molecule has 2 rings (SSSR count). The summed E-state index contributed by atoms with van der Waals surface area (Å²) in [5, 5.41) is 3.95. The summed E-state index contributed by atoms with van der Waals surface area (Å²) in [6.07, 6.45) is 0.994. The minimum absolute atomic E-state index is 0.0365. The zero-order valence-corrected chi connectivity index (χ0v) is 17.0. The van der Waals surface area contributed by atoms with Crippen LogP contribution in [-0.2, 0) is 20.9 Å². The monoisotopic (exact) mass is 392 g/mol. The largest absolute Gasteiger partial charge is 0.459 e. The third kappa shape index (κ3) is 5.82. The van der Waals surface area contributed by atoms with Crippen molar-refractivity contribution in [2.75, 3.05) is 0 Å². The number of carbonyl (C=O) groups excluding carboxylic acids is 2. The Morgan fingerprint density at radius 3 is 2.56 bits per heavy atom. The molecule has 1 heterocycles. The molecule has 0 saturated heterocycles. The van der Waals surface area contributed by atoms with E-state index in [2.05, 4.69) is 10.3 Å². The van der Waals surface area contributed by atoms with Crippen LogP contribution in [0, 0.1) is 5.92 Å². The molecule has 1 aromatic carbocycles. The zero-order chi connectivity index (χ0) is 20.2. The molecule has 1 N–H and O–H groups in total. The first-order valence-electron chi connectivity index (χ1n) is 8.77. The van der Waals surface area contributed by atoms with Crippen molar-refractivity contribution in [1.29, 1.82) is 0 Å². The van der Waals surface area contributed by atoms with Crippen LogP contribution in [0.2, 0.25) is 5.02 Å². The fourth-order valence-electron chi connectivity index (χ4n) is 2.48. The maximum absolute atomic E-state index is 12.6. The van der Waals surface area contributed by atoms with Crippen LogP contribution >= 0.6 is 11.6 Å². The lowest BCUT2D eigenvalue weighted by atomic mass is 10.0. The number of halogens is 1. The van der Waals surface area contributed by atoms with Crippen LogP contribution in [0.15, 0.2) is 30.5 Å². The molecule has 0 fully saturated rings. The van der Waals surface area contributed by atoms with Gasteiger partial charge >= 0.3 is 12.1 Å². The molecule has 0 bridgehead atoms. The summed E-state index contributed by atoms with van der Waals surface area (Å²) in [4.78, 5) is 28.9. The van der Waals surface area contributed by atoms with Crippen LogP contribution in [0.5, 0.6) is 0 Å². The molecular weight excluding hydrogens is 368 g/mol. The van der Waals surface area contributed by atoms with Gasteiger partial charge in [-0.3, -0.25) is 4.98 Å². The topological polar surface area (TPSA) is 77.5 Å². The van der Waals surface area contributed by atoms with Crippen LogP contribution < -0.4 is 5.32 Å².